The lowest BCUT2D eigenvalue weighted by atomic mass is 10.1. The lowest BCUT2D eigenvalue weighted by Gasteiger charge is -2.11. The van der Waals surface area contributed by atoms with Crippen molar-refractivity contribution in [2.75, 3.05) is 25.1 Å². The average molecular weight is 236 g/mol. The number of nitriles is 1. The van der Waals surface area contributed by atoms with E-state index in [0.717, 1.165) is 17.9 Å². The highest BCUT2D eigenvalue weighted by Gasteiger charge is 2.06. The molecular weight excluding hydrogens is 220 g/mol. The molecule has 0 saturated carbocycles. The molecule has 3 nitrogen and oxygen atoms in total. The molecule has 0 heterocycles. The molecule has 0 bridgehead atoms. The van der Waals surface area contributed by atoms with E-state index in [4.69, 9.17) is 5.26 Å². The summed E-state index contributed by atoms with van der Waals surface area (Å²) in [6, 6.07) is 9.08. The quantitative estimate of drug-likeness (QED) is 0.736. The van der Waals surface area contributed by atoms with Crippen LogP contribution < -0.4 is 5.32 Å². The molecule has 4 heteroatoms. The fourth-order valence-electron chi connectivity index (χ4n) is 1.31. The Kier molecular flexibility index (Phi) is 5.94. The molecular formula is C12H16N2OS. The number of hydrogen-bond acceptors (Lipinski definition) is 4. The van der Waals surface area contributed by atoms with Gasteiger partial charge in [-0.1, -0.05) is 12.1 Å². The van der Waals surface area contributed by atoms with Crippen LogP contribution >= 0.6 is 11.8 Å². The van der Waals surface area contributed by atoms with Crippen molar-refractivity contribution in [2.45, 2.75) is 6.10 Å². The predicted molar refractivity (Wildman–Crippen MR) is 67.4 cm³/mol. The molecule has 0 aliphatic heterocycles. The highest BCUT2D eigenvalue weighted by Crippen LogP contribution is 2.12. The average Bonchev–Trinajstić information content (AvgIpc) is 2.34. The first kappa shape index (κ1) is 13.0. The van der Waals surface area contributed by atoms with Crippen molar-refractivity contribution in [1.29, 1.82) is 5.26 Å². The van der Waals surface area contributed by atoms with Gasteiger partial charge >= 0.3 is 0 Å². The number of hydrogen-bond donors (Lipinski definition) is 2. The van der Waals surface area contributed by atoms with Crippen molar-refractivity contribution in [3.8, 4) is 6.07 Å². The van der Waals surface area contributed by atoms with Gasteiger partial charge in [0.2, 0.25) is 0 Å². The molecule has 1 aromatic carbocycles. The van der Waals surface area contributed by atoms with Crippen LogP contribution in [0.25, 0.3) is 0 Å². The maximum atomic E-state index is 9.83. The third kappa shape index (κ3) is 4.23. The van der Waals surface area contributed by atoms with Gasteiger partial charge in [0, 0.05) is 18.8 Å². The Hall–Kier alpha value is -1.02. The number of nitrogens with one attached hydrogen (secondary N) is 1. The van der Waals surface area contributed by atoms with Gasteiger partial charge in [0.1, 0.15) is 0 Å². The van der Waals surface area contributed by atoms with E-state index in [2.05, 4.69) is 17.6 Å². The molecule has 0 amide bonds. The van der Waals surface area contributed by atoms with E-state index in [9.17, 15) is 5.11 Å². The zero-order valence-electron chi connectivity index (χ0n) is 9.31. The van der Waals surface area contributed by atoms with Gasteiger partial charge in [-0.25, -0.2) is 0 Å². The first-order valence-electron chi connectivity index (χ1n) is 5.15. The first-order valence-corrected chi connectivity index (χ1v) is 6.55. The third-order valence-corrected chi connectivity index (χ3v) is 2.86. The van der Waals surface area contributed by atoms with E-state index >= 15 is 0 Å². The van der Waals surface area contributed by atoms with E-state index in [-0.39, 0.29) is 0 Å². The Bertz CT molecular complexity index is 345. The fraction of sp³-hybridized carbons (Fsp3) is 0.417. The second kappa shape index (κ2) is 7.29. The van der Waals surface area contributed by atoms with Crippen molar-refractivity contribution < 1.29 is 5.11 Å². The summed E-state index contributed by atoms with van der Waals surface area (Å²) in [7, 11) is 0. The van der Waals surface area contributed by atoms with E-state index in [1.807, 2.05) is 0 Å². The predicted octanol–water partition coefficient (Wildman–Crippen LogP) is 1.54. The molecule has 1 unspecified atom stereocenters. The van der Waals surface area contributed by atoms with Crippen LogP contribution in [0.3, 0.4) is 0 Å². The van der Waals surface area contributed by atoms with Crippen LogP contribution in [0.1, 0.15) is 17.2 Å². The second-order valence-corrected chi connectivity index (χ2v) is 4.43. The molecule has 1 atom stereocenters. The van der Waals surface area contributed by atoms with Crippen LogP contribution in [0.15, 0.2) is 24.3 Å². The van der Waals surface area contributed by atoms with Crippen LogP contribution in [0.5, 0.6) is 0 Å². The Morgan fingerprint density at radius 1 is 1.44 bits per heavy atom. The summed E-state index contributed by atoms with van der Waals surface area (Å²) >= 11 is 1.77. The Balaban J connectivity index is 2.40. The zero-order valence-corrected chi connectivity index (χ0v) is 10.1. The van der Waals surface area contributed by atoms with Crippen molar-refractivity contribution in [2.24, 2.45) is 0 Å². The largest absolute Gasteiger partial charge is 0.387 e. The monoisotopic (exact) mass is 236 g/mol. The summed E-state index contributed by atoms with van der Waals surface area (Å²) < 4.78 is 0. The van der Waals surface area contributed by atoms with Gasteiger partial charge in [-0.05, 0) is 24.0 Å². The van der Waals surface area contributed by atoms with Crippen LogP contribution in [-0.2, 0) is 0 Å². The maximum Gasteiger partial charge on any atom is 0.0991 e. The Morgan fingerprint density at radius 3 is 2.69 bits per heavy atom. The highest BCUT2D eigenvalue weighted by molar-refractivity contribution is 7.98. The van der Waals surface area contributed by atoms with E-state index in [0.29, 0.717) is 12.1 Å². The van der Waals surface area contributed by atoms with E-state index < -0.39 is 6.10 Å². The summed E-state index contributed by atoms with van der Waals surface area (Å²) in [4.78, 5) is 0. The Labute approximate surface area is 100 Å². The van der Waals surface area contributed by atoms with Gasteiger partial charge in [-0.2, -0.15) is 17.0 Å². The zero-order chi connectivity index (χ0) is 11.8. The number of thioether (sulfide) groups is 1. The number of benzene rings is 1. The first-order chi connectivity index (χ1) is 7.77. The second-order valence-electron chi connectivity index (χ2n) is 3.45. The van der Waals surface area contributed by atoms with E-state index in [1.165, 1.54) is 0 Å². The Morgan fingerprint density at radius 2 is 2.12 bits per heavy atom. The molecule has 0 spiro atoms. The number of aliphatic hydroxyl groups excluding tert-OH is 1. The minimum Gasteiger partial charge on any atom is -0.387 e. The molecule has 1 rings (SSSR count). The molecule has 0 saturated heterocycles. The molecule has 0 radical (unpaired) electrons. The van der Waals surface area contributed by atoms with Gasteiger partial charge in [0.05, 0.1) is 17.7 Å². The fourth-order valence-corrected chi connectivity index (χ4v) is 1.66. The molecule has 0 aliphatic carbocycles. The number of aliphatic hydroxyl groups is 1. The van der Waals surface area contributed by atoms with Crippen molar-refractivity contribution >= 4 is 11.8 Å². The van der Waals surface area contributed by atoms with E-state index in [1.54, 1.807) is 36.0 Å². The summed E-state index contributed by atoms with van der Waals surface area (Å²) in [5.74, 6) is 1.04. The lowest BCUT2D eigenvalue weighted by Crippen LogP contribution is -2.23. The number of nitrogens with zero attached hydrogens (tertiary/aromatic N) is 1. The SMILES string of the molecule is CSCCNCC(O)c1ccc(C#N)cc1. The molecule has 1 aromatic rings. The summed E-state index contributed by atoms with van der Waals surface area (Å²) in [6.45, 7) is 1.45. The highest BCUT2D eigenvalue weighted by atomic mass is 32.2. The molecule has 0 fully saturated rings. The van der Waals surface area contributed by atoms with Crippen molar-refractivity contribution in [1.82, 2.24) is 5.32 Å². The molecule has 0 aliphatic rings. The van der Waals surface area contributed by atoms with Crippen molar-refractivity contribution in [3.05, 3.63) is 35.4 Å². The molecule has 2 N–H and O–H groups in total. The van der Waals surface area contributed by atoms with Crippen LogP contribution in [0.2, 0.25) is 0 Å². The summed E-state index contributed by atoms with van der Waals surface area (Å²) in [6.07, 6.45) is 1.55. The smallest absolute Gasteiger partial charge is 0.0991 e. The summed E-state index contributed by atoms with van der Waals surface area (Å²) in [5.41, 5.74) is 1.46. The minimum atomic E-state index is -0.505. The van der Waals surface area contributed by atoms with Gasteiger partial charge in [0.15, 0.2) is 0 Å². The van der Waals surface area contributed by atoms with Gasteiger partial charge in [0.25, 0.3) is 0 Å². The molecule has 16 heavy (non-hydrogen) atoms. The minimum absolute atomic E-state index is 0.505. The maximum absolute atomic E-state index is 9.83. The summed E-state index contributed by atoms with van der Waals surface area (Å²) in [5, 5.41) is 21.6. The van der Waals surface area contributed by atoms with Gasteiger partial charge in [-0.3, -0.25) is 0 Å². The third-order valence-electron chi connectivity index (χ3n) is 2.25. The molecule has 86 valence electrons. The molecule has 0 aromatic heterocycles. The number of rotatable bonds is 6. The normalized spacial score (nSPS) is 12.1. The van der Waals surface area contributed by atoms with Gasteiger partial charge < -0.3 is 10.4 Å². The standard InChI is InChI=1S/C12H16N2OS/c1-16-7-6-14-9-12(15)11-4-2-10(8-13)3-5-11/h2-5,12,14-15H,6-7,9H2,1H3. The van der Waals surface area contributed by atoms with Crippen LogP contribution in [-0.4, -0.2) is 30.2 Å². The van der Waals surface area contributed by atoms with Crippen LogP contribution in [0, 0.1) is 11.3 Å². The van der Waals surface area contributed by atoms with Crippen molar-refractivity contribution in [3.63, 3.8) is 0 Å². The van der Waals surface area contributed by atoms with Crippen LogP contribution in [0.4, 0.5) is 0 Å². The topological polar surface area (TPSA) is 56.0 Å². The lowest BCUT2D eigenvalue weighted by molar-refractivity contribution is 0.176. The van der Waals surface area contributed by atoms with Gasteiger partial charge in [-0.15, -0.1) is 0 Å².